The molecule has 0 spiro atoms. The van der Waals surface area contributed by atoms with Crippen molar-refractivity contribution in [1.29, 1.82) is 0 Å². The smallest absolute Gasteiger partial charge is 0.362 e. The molecule has 0 radical (unpaired) electrons. The molecule has 0 atom stereocenters. The molecule has 1 heterocycles. The van der Waals surface area contributed by atoms with E-state index < -0.39 is 11.8 Å². The largest absolute Gasteiger partial charge is 0.420 e. The summed E-state index contributed by atoms with van der Waals surface area (Å²) in [5.41, 5.74) is 0.150. The topological polar surface area (TPSA) is 51.2 Å². The van der Waals surface area contributed by atoms with Crippen LogP contribution in [0.15, 0.2) is 40.9 Å². The molecular weight excluding hydrogens is 339 g/mol. The first-order valence-corrected chi connectivity index (χ1v) is 7.16. The lowest BCUT2D eigenvalue weighted by Gasteiger charge is -2.10. The van der Waals surface area contributed by atoms with E-state index in [0.29, 0.717) is 10.3 Å². The third-order valence-corrected chi connectivity index (χ3v) is 3.15. The summed E-state index contributed by atoms with van der Waals surface area (Å²) in [5, 5.41) is 3.10. The van der Waals surface area contributed by atoms with Crippen LogP contribution in [0.25, 0.3) is 0 Å². The number of hydrogen-bond acceptors (Lipinski definition) is 4. The van der Waals surface area contributed by atoms with E-state index in [1.165, 1.54) is 12.1 Å². The molecule has 110 valence electrons. The van der Waals surface area contributed by atoms with Gasteiger partial charge in [0.15, 0.2) is 5.69 Å². The van der Waals surface area contributed by atoms with E-state index in [2.05, 4.69) is 26.2 Å². The predicted octanol–water partition coefficient (Wildman–Crippen LogP) is 4.02. The molecule has 6 heteroatoms. The number of hydrogen-bond donors (Lipinski definition) is 1. The van der Waals surface area contributed by atoms with Gasteiger partial charge in [0, 0.05) is 12.1 Å². The third kappa shape index (κ3) is 4.26. The number of halogens is 2. The molecule has 0 aliphatic rings. The molecule has 0 amide bonds. The quantitative estimate of drug-likeness (QED) is 0.666. The Labute approximate surface area is 130 Å². The SMILES string of the molecule is CC(C)Nc1cccc(C(=O)Oc2cc(F)ccc2Br)n1. The molecule has 1 aromatic carbocycles. The average Bonchev–Trinajstić information content (AvgIpc) is 2.42. The van der Waals surface area contributed by atoms with Crippen LogP contribution in [0.4, 0.5) is 10.2 Å². The van der Waals surface area contributed by atoms with Gasteiger partial charge in [-0.05, 0) is 54.0 Å². The minimum atomic E-state index is -0.645. The van der Waals surface area contributed by atoms with Gasteiger partial charge in [-0.25, -0.2) is 14.2 Å². The number of ether oxygens (including phenoxy) is 1. The summed E-state index contributed by atoms with van der Waals surface area (Å²) in [6, 6.07) is 9.08. The van der Waals surface area contributed by atoms with E-state index in [-0.39, 0.29) is 17.5 Å². The average molecular weight is 353 g/mol. The lowest BCUT2D eigenvalue weighted by molar-refractivity contribution is 0.0727. The van der Waals surface area contributed by atoms with Crippen LogP contribution in [0, 0.1) is 5.82 Å². The molecule has 0 unspecified atom stereocenters. The standard InChI is InChI=1S/C15H14BrFN2O2/c1-9(2)18-14-5-3-4-12(19-14)15(20)21-13-8-10(17)6-7-11(13)16/h3-9H,1-2H3,(H,18,19). The van der Waals surface area contributed by atoms with Crippen molar-refractivity contribution in [2.24, 2.45) is 0 Å². The van der Waals surface area contributed by atoms with Gasteiger partial charge in [0.25, 0.3) is 0 Å². The van der Waals surface area contributed by atoms with Gasteiger partial charge in [0.2, 0.25) is 0 Å². The van der Waals surface area contributed by atoms with Crippen LogP contribution in [0.3, 0.4) is 0 Å². The van der Waals surface area contributed by atoms with E-state index in [4.69, 9.17) is 4.74 Å². The van der Waals surface area contributed by atoms with E-state index in [0.717, 1.165) is 6.07 Å². The summed E-state index contributed by atoms with van der Waals surface area (Å²) in [5.74, 6) is -0.431. The minimum Gasteiger partial charge on any atom is -0.420 e. The van der Waals surface area contributed by atoms with Gasteiger partial charge in [-0.1, -0.05) is 6.07 Å². The predicted molar refractivity (Wildman–Crippen MR) is 82.1 cm³/mol. The number of rotatable bonds is 4. The van der Waals surface area contributed by atoms with Crippen LogP contribution in [0.2, 0.25) is 0 Å². The number of carbonyl (C=O) groups excluding carboxylic acids is 1. The van der Waals surface area contributed by atoms with Crippen molar-refractivity contribution in [2.45, 2.75) is 19.9 Å². The summed E-state index contributed by atoms with van der Waals surface area (Å²) in [7, 11) is 0. The van der Waals surface area contributed by atoms with Gasteiger partial charge in [-0.2, -0.15) is 0 Å². The van der Waals surface area contributed by atoms with Gasteiger partial charge in [0.1, 0.15) is 17.4 Å². The number of nitrogens with zero attached hydrogens (tertiary/aromatic N) is 1. The Bertz CT molecular complexity index is 662. The molecule has 0 saturated heterocycles. The second kappa shape index (κ2) is 6.67. The van der Waals surface area contributed by atoms with Crippen LogP contribution in [-0.4, -0.2) is 17.0 Å². The zero-order valence-electron chi connectivity index (χ0n) is 11.6. The summed E-state index contributed by atoms with van der Waals surface area (Å²) < 4.78 is 18.8. The van der Waals surface area contributed by atoms with Gasteiger partial charge in [0.05, 0.1) is 4.47 Å². The summed E-state index contributed by atoms with van der Waals surface area (Å²) >= 11 is 3.20. The summed E-state index contributed by atoms with van der Waals surface area (Å²) in [6.45, 7) is 3.94. The van der Waals surface area contributed by atoms with Crippen molar-refractivity contribution < 1.29 is 13.9 Å². The summed E-state index contributed by atoms with van der Waals surface area (Å²) in [6.07, 6.45) is 0. The van der Waals surface area contributed by atoms with Gasteiger partial charge >= 0.3 is 5.97 Å². The highest BCUT2D eigenvalue weighted by molar-refractivity contribution is 9.10. The molecule has 4 nitrogen and oxygen atoms in total. The van der Waals surface area contributed by atoms with Crippen molar-refractivity contribution in [3.05, 3.63) is 52.4 Å². The molecule has 2 aromatic rings. The second-order valence-electron chi connectivity index (χ2n) is 4.67. The molecule has 1 aromatic heterocycles. The van der Waals surface area contributed by atoms with Crippen LogP contribution < -0.4 is 10.1 Å². The van der Waals surface area contributed by atoms with E-state index in [9.17, 15) is 9.18 Å². The Morgan fingerprint density at radius 3 is 2.81 bits per heavy atom. The number of nitrogens with one attached hydrogen (secondary N) is 1. The number of aromatic nitrogens is 1. The van der Waals surface area contributed by atoms with Crippen molar-refractivity contribution in [2.75, 3.05) is 5.32 Å². The number of carbonyl (C=O) groups is 1. The molecule has 0 aliphatic heterocycles. The van der Waals surface area contributed by atoms with E-state index in [1.807, 2.05) is 13.8 Å². The normalized spacial score (nSPS) is 10.5. The second-order valence-corrected chi connectivity index (χ2v) is 5.53. The van der Waals surface area contributed by atoms with Crippen molar-refractivity contribution in [3.8, 4) is 5.75 Å². The number of esters is 1. The van der Waals surface area contributed by atoms with Gasteiger partial charge in [-0.3, -0.25) is 0 Å². The molecular formula is C15H14BrFN2O2. The molecule has 0 saturated carbocycles. The number of anilines is 1. The fourth-order valence-corrected chi connectivity index (χ4v) is 1.96. The monoisotopic (exact) mass is 352 g/mol. The zero-order chi connectivity index (χ0) is 15.4. The highest BCUT2D eigenvalue weighted by Gasteiger charge is 2.13. The Morgan fingerprint density at radius 2 is 2.10 bits per heavy atom. The first kappa shape index (κ1) is 15.4. The van der Waals surface area contributed by atoms with E-state index in [1.54, 1.807) is 18.2 Å². The number of pyridine rings is 1. The minimum absolute atomic E-state index is 0.115. The number of benzene rings is 1. The van der Waals surface area contributed by atoms with Crippen molar-refractivity contribution >= 4 is 27.7 Å². The molecule has 2 rings (SSSR count). The zero-order valence-corrected chi connectivity index (χ0v) is 13.1. The Morgan fingerprint density at radius 1 is 1.33 bits per heavy atom. The van der Waals surface area contributed by atoms with Gasteiger partial charge in [-0.15, -0.1) is 0 Å². The summed E-state index contributed by atoms with van der Waals surface area (Å²) in [4.78, 5) is 16.2. The van der Waals surface area contributed by atoms with Crippen molar-refractivity contribution in [1.82, 2.24) is 4.98 Å². The third-order valence-electron chi connectivity index (χ3n) is 2.49. The Kier molecular flexibility index (Phi) is 4.90. The van der Waals surface area contributed by atoms with Crippen LogP contribution >= 0.6 is 15.9 Å². The molecule has 0 fully saturated rings. The molecule has 0 bridgehead atoms. The maximum absolute atomic E-state index is 13.2. The molecule has 0 aliphatic carbocycles. The fourth-order valence-electron chi connectivity index (χ4n) is 1.63. The molecule has 21 heavy (non-hydrogen) atoms. The van der Waals surface area contributed by atoms with Crippen LogP contribution in [-0.2, 0) is 0 Å². The van der Waals surface area contributed by atoms with Crippen LogP contribution in [0.1, 0.15) is 24.3 Å². The highest BCUT2D eigenvalue weighted by atomic mass is 79.9. The van der Waals surface area contributed by atoms with E-state index >= 15 is 0 Å². The maximum atomic E-state index is 13.2. The lowest BCUT2D eigenvalue weighted by Crippen LogP contribution is -2.15. The first-order valence-electron chi connectivity index (χ1n) is 6.36. The molecule has 1 N–H and O–H groups in total. The lowest BCUT2D eigenvalue weighted by atomic mass is 10.3. The fraction of sp³-hybridized carbons (Fsp3) is 0.200. The first-order chi connectivity index (χ1) is 9.95. The maximum Gasteiger partial charge on any atom is 0.362 e. The Balaban J connectivity index is 2.18. The van der Waals surface area contributed by atoms with Gasteiger partial charge < -0.3 is 10.1 Å². The Hall–Kier alpha value is -1.95. The van der Waals surface area contributed by atoms with Crippen LogP contribution in [0.5, 0.6) is 5.75 Å². The van der Waals surface area contributed by atoms with Crippen molar-refractivity contribution in [3.63, 3.8) is 0 Å². The highest BCUT2D eigenvalue weighted by Crippen LogP contribution is 2.26.